The molecule has 0 unspecified atom stereocenters. The van der Waals surface area contributed by atoms with E-state index in [4.69, 9.17) is 12.2 Å². The molecule has 0 heterocycles. The van der Waals surface area contributed by atoms with Crippen molar-refractivity contribution in [1.29, 1.82) is 0 Å². The van der Waals surface area contributed by atoms with Gasteiger partial charge >= 0.3 is 0 Å². The van der Waals surface area contributed by atoms with E-state index in [0.717, 1.165) is 10.6 Å². The third kappa shape index (κ3) is 3.83. The van der Waals surface area contributed by atoms with Crippen molar-refractivity contribution in [3.05, 3.63) is 35.6 Å². The van der Waals surface area contributed by atoms with E-state index >= 15 is 0 Å². The quantitative estimate of drug-likeness (QED) is 0.771. The first kappa shape index (κ1) is 11.1. The Morgan fingerprint density at radius 3 is 2.43 bits per heavy atom. The van der Waals surface area contributed by atoms with Gasteiger partial charge in [0, 0.05) is 12.5 Å². The monoisotopic (exact) mass is 211 g/mol. The molecule has 1 aromatic rings. The summed E-state index contributed by atoms with van der Waals surface area (Å²) in [7, 11) is 0. The first-order valence-electron chi connectivity index (χ1n) is 4.61. The molecule has 0 radical (unpaired) electrons. The zero-order valence-electron chi connectivity index (χ0n) is 8.38. The fourth-order valence-corrected chi connectivity index (χ4v) is 1.56. The van der Waals surface area contributed by atoms with Crippen LogP contribution < -0.4 is 5.32 Å². The van der Waals surface area contributed by atoms with Crippen LogP contribution >= 0.6 is 12.2 Å². The second kappa shape index (κ2) is 5.05. The van der Waals surface area contributed by atoms with Crippen molar-refractivity contribution >= 4 is 17.2 Å². The molecular formula is C11H14FNS. The Kier molecular flexibility index (Phi) is 4.01. The van der Waals surface area contributed by atoms with Crippen LogP contribution in [0.2, 0.25) is 0 Å². The zero-order chi connectivity index (χ0) is 10.6. The van der Waals surface area contributed by atoms with Gasteiger partial charge in [0.15, 0.2) is 0 Å². The Hall–Kier alpha value is -0.960. The largest absolute Gasteiger partial charge is 0.377 e. The van der Waals surface area contributed by atoms with Crippen LogP contribution in [0.5, 0.6) is 0 Å². The average Bonchev–Trinajstić information content (AvgIpc) is 2.07. The summed E-state index contributed by atoms with van der Waals surface area (Å²) < 4.78 is 12.6. The van der Waals surface area contributed by atoms with E-state index in [2.05, 4.69) is 5.32 Å². The fraction of sp³-hybridized carbons (Fsp3) is 0.364. The lowest BCUT2D eigenvalue weighted by atomic mass is 10.1. The molecular weight excluding hydrogens is 197 g/mol. The Labute approximate surface area is 89.3 Å². The van der Waals surface area contributed by atoms with Crippen molar-refractivity contribution in [2.45, 2.75) is 26.3 Å². The lowest BCUT2D eigenvalue weighted by molar-refractivity contribution is 0.627. The number of rotatable bonds is 3. The molecule has 76 valence electrons. The Balaban J connectivity index is 2.52. The number of nitrogens with one attached hydrogen (secondary N) is 1. The molecule has 0 fully saturated rings. The van der Waals surface area contributed by atoms with Gasteiger partial charge in [-0.1, -0.05) is 24.4 Å². The third-order valence-corrected chi connectivity index (χ3v) is 1.99. The lowest BCUT2D eigenvalue weighted by Gasteiger charge is -2.10. The van der Waals surface area contributed by atoms with Gasteiger partial charge in [-0.3, -0.25) is 0 Å². The molecule has 3 heteroatoms. The van der Waals surface area contributed by atoms with Gasteiger partial charge in [-0.25, -0.2) is 4.39 Å². The molecule has 0 atom stereocenters. The zero-order valence-corrected chi connectivity index (χ0v) is 9.20. The van der Waals surface area contributed by atoms with Gasteiger partial charge in [-0.2, -0.15) is 0 Å². The van der Waals surface area contributed by atoms with Gasteiger partial charge in [-0.05, 0) is 31.5 Å². The summed E-state index contributed by atoms with van der Waals surface area (Å²) in [5.41, 5.74) is 1.03. The number of hydrogen-bond acceptors (Lipinski definition) is 1. The van der Waals surface area contributed by atoms with Crippen molar-refractivity contribution in [2.24, 2.45) is 0 Å². The van der Waals surface area contributed by atoms with Crippen LogP contribution in [0.15, 0.2) is 24.3 Å². The van der Waals surface area contributed by atoms with Gasteiger partial charge in [-0.15, -0.1) is 0 Å². The van der Waals surface area contributed by atoms with Crippen LogP contribution in [-0.2, 0) is 6.42 Å². The smallest absolute Gasteiger partial charge is 0.123 e. The molecule has 1 nitrogen and oxygen atoms in total. The lowest BCUT2D eigenvalue weighted by Crippen LogP contribution is -2.29. The number of benzene rings is 1. The van der Waals surface area contributed by atoms with Gasteiger partial charge in [0.2, 0.25) is 0 Å². The van der Waals surface area contributed by atoms with E-state index in [9.17, 15) is 4.39 Å². The maximum absolute atomic E-state index is 12.6. The fourth-order valence-electron chi connectivity index (χ4n) is 1.16. The van der Waals surface area contributed by atoms with E-state index in [1.807, 2.05) is 13.8 Å². The molecule has 0 aliphatic heterocycles. The summed E-state index contributed by atoms with van der Waals surface area (Å²) >= 11 is 5.14. The predicted octanol–water partition coefficient (Wildman–Crippen LogP) is 2.69. The molecule has 0 saturated heterocycles. The molecule has 0 aromatic heterocycles. The molecule has 1 aromatic carbocycles. The highest BCUT2D eigenvalue weighted by Crippen LogP contribution is 2.04. The minimum Gasteiger partial charge on any atom is -0.377 e. The molecule has 0 bridgehead atoms. The summed E-state index contributed by atoms with van der Waals surface area (Å²) in [6, 6.07) is 6.76. The second-order valence-corrected chi connectivity index (χ2v) is 4.02. The molecule has 1 rings (SSSR count). The van der Waals surface area contributed by atoms with Gasteiger partial charge < -0.3 is 5.32 Å². The van der Waals surface area contributed by atoms with E-state index in [1.54, 1.807) is 12.1 Å². The Morgan fingerprint density at radius 2 is 1.93 bits per heavy atom. The highest BCUT2D eigenvalue weighted by Gasteiger charge is 2.00. The standard InChI is InChI=1S/C11H14FNS/c1-8(2)13-11(14)7-9-3-5-10(12)6-4-9/h3-6,8H,7H2,1-2H3,(H,13,14). The molecule has 14 heavy (non-hydrogen) atoms. The van der Waals surface area contributed by atoms with E-state index in [1.165, 1.54) is 12.1 Å². The van der Waals surface area contributed by atoms with Gasteiger partial charge in [0.05, 0.1) is 4.99 Å². The predicted molar refractivity (Wildman–Crippen MR) is 61.0 cm³/mol. The van der Waals surface area contributed by atoms with Gasteiger partial charge in [0.25, 0.3) is 0 Å². The molecule has 0 aliphatic carbocycles. The van der Waals surface area contributed by atoms with Crippen LogP contribution in [0.1, 0.15) is 19.4 Å². The summed E-state index contributed by atoms with van der Waals surface area (Å²) in [6.07, 6.45) is 0.674. The summed E-state index contributed by atoms with van der Waals surface area (Å²) in [4.78, 5) is 0.798. The summed E-state index contributed by atoms with van der Waals surface area (Å²) in [5, 5.41) is 3.14. The maximum Gasteiger partial charge on any atom is 0.123 e. The summed E-state index contributed by atoms with van der Waals surface area (Å²) in [5.74, 6) is -0.212. The van der Waals surface area contributed by atoms with E-state index in [-0.39, 0.29) is 5.82 Å². The highest BCUT2D eigenvalue weighted by atomic mass is 32.1. The first-order valence-corrected chi connectivity index (χ1v) is 5.02. The van der Waals surface area contributed by atoms with Crippen molar-refractivity contribution < 1.29 is 4.39 Å². The molecule has 0 aliphatic rings. The molecule has 1 N–H and O–H groups in total. The van der Waals surface area contributed by atoms with Crippen LogP contribution in [0.4, 0.5) is 4.39 Å². The van der Waals surface area contributed by atoms with Crippen LogP contribution in [-0.4, -0.2) is 11.0 Å². The summed E-state index contributed by atoms with van der Waals surface area (Å²) in [6.45, 7) is 4.08. The second-order valence-electron chi connectivity index (χ2n) is 3.53. The Morgan fingerprint density at radius 1 is 1.36 bits per heavy atom. The average molecular weight is 211 g/mol. The van der Waals surface area contributed by atoms with Crippen molar-refractivity contribution in [3.63, 3.8) is 0 Å². The SMILES string of the molecule is CC(C)NC(=S)Cc1ccc(F)cc1. The molecule has 0 saturated carbocycles. The maximum atomic E-state index is 12.6. The molecule has 0 spiro atoms. The van der Waals surface area contributed by atoms with Crippen molar-refractivity contribution in [1.82, 2.24) is 5.32 Å². The number of thiocarbonyl (C=S) groups is 1. The van der Waals surface area contributed by atoms with Crippen LogP contribution in [0.3, 0.4) is 0 Å². The van der Waals surface area contributed by atoms with E-state index in [0.29, 0.717) is 12.5 Å². The minimum atomic E-state index is -0.212. The van der Waals surface area contributed by atoms with Gasteiger partial charge in [0.1, 0.15) is 5.82 Å². The topological polar surface area (TPSA) is 12.0 Å². The van der Waals surface area contributed by atoms with Crippen molar-refractivity contribution in [2.75, 3.05) is 0 Å². The van der Waals surface area contributed by atoms with Crippen LogP contribution in [0, 0.1) is 5.82 Å². The number of hydrogen-bond donors (Lipinski definition) is 1. The normalized spacial score (nSPS) is 10.3. The Bertz CT molecular complexity index is 306. The first-order chi connectivity index (χ1) is 6.58. The number of halogens is 1. The van der Waals surface area contributed by atoms with E-state index < -0.39 is 0 Å². The highest BCUT2D eigenvalue weighted by molar-refractivity contribution is 7.80. The minimum absolute atomic E-state index is 0.212. The molecule has 0 amide bonds. The third-order valence-electron chi connectivity index (χ3n) is 1.73. The van der Waals surface area contributed by atoms with Crippen molar-refractivity contribution in [3.8, 4) is 0 Å². The van der Waals surface area contributed by atoms with Crippen LogP contribution in [0.25, 0.3) is 0 Å².